The molecule has 1 rings (SSSR count). The van der Waals surface area contributed by atoms with Gasteiger partial charge in [-0.05, 0) is 20.3 Å². The molecule has 0 aliphatic carbocycles. The summed E-state index contributed by atoms with van der Waals surface area (Å²) >= 11 is 1.68. The maximum atomic E-state index is 5.41. The van der Waals surface area contributed by atoms with Crippen LogP contribution in [0.4, 0.5) is 0 Å². The number of rotatable bonds is 10. The quantitative estimate of drug-likeness (QED) is 0.390. The van der Waals surface area contributed by atoms with Gasteiger partial charge in [-0.1, -0.05) is 0 Å². The number of aryl methyl sites for hydroxylation is 1. The van der Waals surface area contributed by atoms with E-state index in [9.17, 15) is 0 Å². The largest absolute Gasteiger partial charge is 0.382 e. The van der Waals surface area contributed by atoms with E-state index >= 15 is 0 Å². The molecule has 7 heteroatoms. The minimum absolute atomic E-state index is 0.609. The average molecular weight is 314 g/mol. The van der Waals surface area contributed by atoms with E-state index in [2.05, 4.69) is 34.5 Å². The normalized spacial score (nSPS) is 11.7. The summed E-state index contributed by atoms with van der Waals surface area (Å²) in [6, 6.07) is 0. The lowest BCUT2D eigenvalue weighted by Gasteiger charge is -2.11. The maximum Gasteiger partial charge on any atom is 0.191 e. The molecule has 120 valence electrons. The van der Waals surface area contributed by atoms with E-state index in [4.69, 9.17) is 9.47 Å². The number of nitrogens with one attached hydrogen (secondary N) is 2. The Labute approximate surface area is 131 Å². The molecule has 0 bridgehead atoms. The fourth-order valence-corrected chi connectivity index (χ4v) is 2.30. The fourth-order valence-electron chi connectivity index (χ4n) is 1.59. The summed E-state index contributed by atoms with van der Waals surface area (Å²) in [7, 11) is 1.67. The molecule has 0 aliphatic rings. The molecule has 0 amide bonds. The van der Waals surface area contributed by atoms with Crippen molar-refractivity contribution in [2.75, 3.05) is 40.0 Å². The van der Waals surface area contributed by atoms with Gasteiger partial charge in [0.2, 0.25) is 0 Å². The first-order chi connectivity index (χ1) is 10.3. The van der Waals surface area contributed by atoms with Gasteiger partial charge in [-0.3, -0.25) is 0 Å². The van der Waals surface area contributed by atoms with Crippen molar-refractivity contribution in [3.63, 3.8) is 0 Å². The van der Waals surface area contributed by atoms with Crippen LogP contribution < -0.4 is 10.6 Å². The Kier molecular flexibility index (Phi) is 9.77. The summed E-state index contributed by atoms with van der Waals surface area (Å²) < 4.78 is 10.3. The third kappa shape index (κ3) is 8.64. The third-order valence-electron chi connectivity index (χ3n) is 2.58. The smallest absolute Gasteiger partial charge is 0.191 e. The highest BCUT2D eigenvalue weighted by molar-refractivity contribution is 7.11. The van der Waals surface area contributed by atoms with Crippen molar-refractivity contribution in [2.45, 2.75) is 26.8 Å². The summed E-state index contributed by atoms with van der Waals surface area (Å²) in [6.45, 7) is 8.40. The molecule has 1 aromatic heterocycles. The zero-order valence-electron chi connectivity index (χ0n) is 13.1. The summed E-state index contributed by atoms with van der Waals surface area (Å²) in [5, 5.41) is 7.55. The molecule has 0 atom stereocenters. The molecule has 0 saturated carbocycles. The zero-order chi connectivity index (χ0) is 15.3. The molecule has 6 nitrogen and oxygen atoms in total. The van der Waals surface area contributed by atoms with E-state index in [0.717, 1.165) is 37.1 Å². The van der Waals surface area contributed by atoms with Gasteiger partial charge in [-0.25, -0.2) is 9.98 Å². The molecule has 21 heavy (non-hydrogen) atoms. The van der Waals surface area contributed by atoms with Crippen LogP contribution in [0.15, 0.2) is 11.2 Å². The number of thiazole rings is 1. The van der Waals surface area contributed by atoms with Crippen LogP contribution in [0.2, 0.25) is 0 Å². The summed E-state index contributed by atoms with van der Waals surface area (Å²) in [6.07, 6.45) is 2.82. The number of nitrogens with zero attached hydrogens (tertiary/aromatic N) is 2. The monoisotopic (exact) mass is 314 g/mol. The van der Waals surface area contributed by atoms with Crippen LogP contribution in [0.1, 0.15) is 23.2 Å². The second-order valence-corrected chi connectivity index (χ2v) is 5.76. The Hall–Kier alpha value is -1.18. The highest BCUT2D eigenvalue weighted by atomic mass is 32.1. The molecule has 0 aromatic carbocycles. The van der Waals surface area contributed by atoms with E-state index in [1.165, 1.54) is 4.88 Å². The molecule has 1 heterocycles. The van der Waals surface area contributed by atoms with Crippen molar-refractivity contribution in [3.05, 3.63) is 16.1 Å². The van der Waals surface area contributed by atoms with Gasteiger partial charge >= 0.3 is 0 Å². The Morgan fingerprint density at radius 3 is 2.86 bits per heavy atom. The molecular weight excluding hydrogens is 288 g/mol. The number of methoxy groups -OCH3 is 1. The topological polar surface area (TPSA) is 67.8 Å². The van der Waals surface area contributed by atoms with Crippen LogP contribution in [0, 0.1) is 6.92 Å². The molecule has 2 N–H and O–H groups in total. The lowest BCUT2D eigenvalue weighted by Crippen LogP contribution is -2.38. The Morgan fingerprint density at radius 1 is 1.33 bits per heavy atom. The number of ether oxygens (including phenoxy) is 2. The molecule has 0 unspecified atom stereocenters. The van der Waals surface area contributed by atoms with Crippen molar-refractivity contribution in [1.29, 1.82) is 0 Å². The second kappa shape index (κ2) is 11.5. The van der Waals surface area contributed by atoms with Crippen molar-refractivity contribution >= 4 is 17.3 Å². The highest BCUT2D eigenvalue weighted by Crippen LogP contribution is 2.11. The first-order valence-corrected chi connectivity index (χ1v) is 8.08. The average Bonchev–Trinajstić information content (AvgIpc) is 2.89. The van der Waals surface area contributed by atoms with Gasteiger partial charge in [0, 0.05) is 37.9 Å². The number of hydrogen-bond acceptors (Lipinski definition) is 5. The predicted octanol–water partition coefficient (Wildman–Crippen LogP) is 1.56. The van der Waals surface area contributed by atoms with E-state index in [-0.39, 0.29) is 0 Å². The van der Waals surface area contributed by atoms with Crippen LogP contribution in [0.25, 0.3) is 0 Å². The van der Waals surface area contributed by atoms with Crippen LogP contribution in [0.5, 0.6) is 0 Å². The molecule has 0 fully saturated rings. The van der Waals surface area contributed by atoms with Crippen molar-refractivity contribution in [3.8, 4) is 0 Å². The van der Waals surface area contributed by atoms with E-state index in [0.29, 0.717) is 19.8 Å². The van der Waals surface area contributed by atoms with Crippen molar-refractivity contribution in [1.82, 2.24) is 15.6 Å². The third-order valence-corrected chi connectivity index (χ3v) is 3.47. The fraction of sp³-hybridized carbons (Fsp3) is 0.714. The van der Waals surface area contributed by atoms with Gasteiger partial charge in [0.05, 0.1) is 19.8 Å². The van der Waals surface area contributed by atoms with E-state index < -0.39 is 0 Å². The SMILES string of the molecule is CCNC(=NCc1ncc(C)s1)NCCCOCCOC. The van der Waals surface area contributed by atoms with Crippen LogP contribution in [-0.2, 0) is 16.0 Å². The van der Waals surface area contributed by atoms with Crippen LogP contribution in [-0.4, -0.2) is 51.0 Å². The zero-order valence-corrected chi connectivity index (χ0v) is 14.0. The van der Waals surface area contributed by atoms with Gasteiger partial charge in [-0.15, -0.1) is 11.3 Å². The molecule has 0 radical (unpaired) electrons. The first-order valence-electron chi connectivity index (χ1n) is 7.26. The molecule has 1 aromatic rings. The number of hydrogen-bond donors (Lipinski definition) is 2. The Balaban J connectivity index is 2.22. The molecule has 0 aliphatic heterocycles. The summed E-state index contributed by atoms with van der Waals surface area (Å²) in [5.74, 6) is 0.822. The van der Waals surface area contributed by atoms with Gasteiger partial charge in [0.25, 0.3) is 0 Å². The second-order valence-electron chi connectivity index (χ2n) is 4.45. The minimum Gasteiger partial charge on any atom is -0.382 e. The molecular formula is C14H26N4O2S. The predicted molar refractivity (Wildman–Crippen MR) is 87.0 cm³/mol. The standard InChI is InChI=1S/C14H26N4O2S/c1-4-15-14(16-6-5-7-20-9-8-19-3)18-11-13-17-10-12(2)21-13/h10H,4-9,11H2,1-3H3,(H2,15,16,18). The molecule has 0 spiro atoms. The van der Waals surface area contributed by atoms with Crippen molar-refractivity contribution < 1.29 is 9.47 Å². The number of guanidine groups is 1. The lowest BCUT2D eigenvalue weighted by molar-refractivity contribution is 0.0698. The lowest BCUT2D eigenvalue weighted by atomic mass is 10.4. The van der Waals surface area contributed by atoms with Gasteiger partial charge in [0.15, 0.2) is 5.96 Å². The van der Waals surface area contributed by atoms with E-state index in [1.807, 2.05) is 6.20 Å². The van der Waals surface area contributed by atoms with Crippen LogP contribution in [0.3, 0.4) is 0 Å². The Morgan fingerprint density at radius 2 is 2.19 bits per heavy atom. The van der Waals surface area contributed by atoms with Crippen molar-refractivity contribution in [2.24, 2.45) is 4.99 Å². The number of aliphatic imine (C=N–C) groups is 1. The maximum absolute atomic E-state index is 5.41. The van der Waals surface area contributed by atoms with Gasteiger partial charge in [-0.2, -0.15) is 0 Å². The minimum atomic E-state index is 0.609. The Bertz CT molecular complexity index is 409. The van der Waals surface area contributed by atoms with Gasteiger partial charge in [0.1, 0.15) is 5.01 Å². The summed E-state index contributed by atoms with van der Waals surface area (Å²) in [4.78, 5) is 10.1. The number of aromatic nitrogens is 1. The van der Waals surface area contributed by atoms with Crippen LogP contribution >= 0.6 is 11.3 Å². The van der Waals surface area contributed by atoms with Gasteiger partial charge < -0.3 is 20.1 Å². The summed E-state index contributed by atoms with van der Waals surface area (Å²) in [5.41, 5.74) is 0. The van der Waals surface area contributed by atoms with E-state index in [1.54, 1.807) is 18.4 Å². The first kappa shape index (κ1) is 17.9. The molecule has 0 saturated heterocycles. The highest BCUT2D eigenvalue weighted by Gasteiger charge is 2.00.